The maximum Gasteiger partial charge on any atom is 0.0826 e. The number of piperidine rings is 1. The van der Waals surface area contributed by atoms with Gasteiger partial charge < -0.3 is 10.8 Å². The van der Waals surface area contributed by atoms with Crippen LogP contribution in [0.25, 0.3) is 0 Å². The molecule has 148 valence electrons. The minimum atomic E-state index is -0.441. The SMILES string of the molecule is C[C@@H]1CC2CCCCC2CN1CC(O)[C@@H](N)CSc1ccccc1.II. The van der Waals surface area contributed by atoms with E-state index in [1.54, 1.807) is 11.8 Å². The van der Waals surface area contributed by atoms with Crippen LogP contribution in [0, 0.1) is 11.8 Å². The van der Waals surface area contributed by atoms with Crippen LogP contribution in [0.3, 0.4) is 0 Å². The van der Waals surface area contributed by atoms with Gasteiger partial charge in [-0.2, -0.15) is 0 Å². The fourth-order valence-electron chi connectivity index (χ4n) is 4.35. The van der Waals surface area contributed by atoms with Crippen LogP contribution in [-0.4, -0.2) is 47.0 Å². The molecule has 0 radical (unpaired) electrons. The Hall–Kier alpha value is 0.910. The molecule has 2 fully saturated rings. The molecule has 0 aromatic heterocycles. The van der Waals surface area contributed by atoms with Crippen molar-refractivity contribution in [1.82, 2.24) is 4.90 Å². The van der Waals surface area contributed by atoms with Crippen LogP contribution < -0.4 is 5.73 Å². The first-order valence-corrected chi connectivity index (χ1v) is 16.9. The third kappa shape index (κ3) is 7.06. The van der Waals surface area contributed by atoms with E-state index >= 15 is 0 Å². The highest BCUT2D eigenvalue weighted by Crippen LogP contribution is 2.38. The van der Waals surface area contributed by atoms with E-state index in [1.165, 1.54) is 37.0 Å². The normalized spacial score (nSPS) is 28.4. The first kappa shape index (κ1) is 23.2. The Kier molecular flexibility index (Phi) is 11.1. The number of likely N-dealkylation sites (tertiary alicyclic amines) is 1. The van der Waals surface area contributed by atoms with Crippen molar-refractivity contribution in [3.05, 3.63) is 30.3 Å². The molecule has 1 saturated carbocycles. The highest BCUT2D eigenvalue weighted by Gasteiger charge is 2.35. The number of thioether (sulfide) groups is 1. The molecule has 1 aromatic carbocycles. The molecule has 1 aromatic rings. The molecule has 0 bridgehead atoms. The van der Waals surface area contributed by atoms with Gasteiger partial charge in [0, 0.05) is 73.1 Å². The van der Waals surface area contributed by atoms with Crippen molar-refractivity contribution in [2.45, 2.75) is 62.1 Å². The van der Waals surface area contributed by atoms with E-state index in [4.69, 9.17) is 5.73 Å². The standard InChI is InChI=1S/C20H32N2OS.I2/c1-15-11-16-7-5-6-8-17(16)12-22(15)13-20(23)19(21)14-24-18-9-3-2-4-10-18;1-2/h2-4,9-10,15-17,19-20,23H,5-8,11-14,21H2,1H3;/t15-,16?,17?,19+,20?;/m1./s1. The third-order valence-corrected chi connectivity index (χ3v) is 7.06. The van der Waals surface area contributed by atoms with E-state index in [0.29, 0.717) is 6.04 Å². The number of rotatable bonds is 6. The number of aliphatic hydroxyl groups excluding tert-OH is 1. The van der Waals surface area contributed by atoms with Gasteiger partial charge in [-0.3, -0.25) is 4.90 Å². The molecule has 5 atom stereocenters. The molecular weight excluding hydrogens is 570 g/mol. The number of aliphatic hydroxyl groups is 1. The number of benzene rings is 1. The maximum absolute atomic E-state index is 10.6. The average molecular weight is 602 g/mol. The molecule has 2 aliphatic rings. The fourth-order valence-corrected chi connectivity index (χ4v) is 5.31. The number of halogens is 2. The van der Waals surface area contributed by atoms with E-state index in [1.807, 2.05) is 18.2 Å². The van der Waals surface area contributed by atoms with E-state index in [9.17, 15) is 5.11 Å². The summed E-state index contributed by atoms with van der Waals surface area (Å²) in [6.45, 7) is 4.20. The zero-order valence-corrected chi connectivity index (χ0v) is 20.7. The first-order chi connectivity index (χ1) is 12.6. The smallest absolute Gasteiger partial charge is 0.0826 e. The molecule has 3 nitrogen and oxygen atoms in total. The Morgan fingerprint density at radius 1 is 1.19 bits per heavy atom. The molecule has 1 aliphatic carbocycles. The van der Waals surface area contributed by atoms with Crippen molar-refractivity contribution in [2.75, 3.05) is 18.8 Å². The van der Waals surface area contributed by atoms with Crippen molar-refractivity contribution >= 4 is 49.0 Å². The predicted molar refractivity (Wildman–Crippen MR) is 130 cm³/mol. The number of hydrogen-bond donors (Lipinski definition) is 2. The zero-order valence-electron chi connectivity index (χ0n) is 15.6. The fraction of sp³-hybridized carbons (Fsp3) is 0.700. The van der Waals surface area contributed by atoms with Gasteiger partial charge in [0.15, 0.2) is 0 Å². The van der Waals surface area contributed by atoms with Crippen molar-refractivity contribution < 1.29 is 5.11 Å². The summed E-state index contributed by atoms with van der Waals surface area (Å²) in [6, 6.07) is 10.7. The summed E-state index contributed by atoms with van der Waals surface area (Å²) in [4.78, 5) is 3.71. The number of β-amino-alcohol motifs (C(OH)–C–C–N with tert-alkyl or cyclic N) is 1. The van der Waals surface area contributed by atoms with Crippen LogP contribution in [0.4, 0.5) is 0 Å². The van der Waals surface area contributed by atoms with E-state index in [2.05, 4.69) is 61.2 Å². The average Bonchev–Trinajstić information content (AvgIpc) is 2.69. The second-order valence-corrected chi connectivity index (χ2v) is 8.79. The second-order valence-electron chi connectivity index (χ2n) is 7.70. The van der Waals surface area contributed by atoms with Gasteiger partial charge in [-0.1, -0.05) is 37.5 Å². The van der Waals surface area contributed by atoms with Crippen molar-refractivity contribution in [2.24, 2.45) is 17.6 Å². The molecule has 26 heavy (non-hydrogen) atoms. The largest absolute Gasteiger partial charge is 0.390 e. The zero-order chi connectivity index (χ0) is 18.9. The Bertz CT molecular complexity index is 508. The number of hydrogen-bond acceptors (Lipinski definition) is 4. The van der Waals surface area contributed by atoms with Gasteiger partial charge in [0.1, 0.15) is 0 Å². The van der Waals surface area contributed by atoms with Crippen LogP contribution >= 0.6 is 49.0 Å². The lowest BCUT2D eigenvalue weighted by molar-refractivity contribution is 0.00907. The van der Waals surface area contributed by atoms with Gasteiger partial charge in [-0.15, -0.1) is 11.8 Å². The Morgan fingerprint density at radius 2 is 1.85 bits per heavy atom. The van der Waals surface area contributed by atoms with Crippen molar-refractivity contribution in [3.8, 4) is 0 Å². The topological polar surface area (TPSA) is 49.5 Å². The van der Waals surface area contributed by atoms with Gasteiger partial charge in [0.05, 0.1) is 6.10 Å². The Labute approximate surface area is 186 Å². The van der Waals surface area contributed by atoms with Gasteiger partial charge in [-0.25, -0.2) is 0 Å². The van der Waals surface area contributed by atoms with Gasteiger partial charge in [0.25, 0.3) is 0 Å². The monoisotopic (exact) mass is 602 g/mol. The lowest BCUT2D eigenvalue weighted by Gasteiger charge is -2.46. The molecule has 3 unspecified atom stereocenters. The minimum absolute atomic E-state index is 0.175. The van der Waals surface area contributed by atoms with E-state index in [0.717, 1.165) is 30.7 Å². The molecular formula is C20H32I2N2OS. The molecule has 3 rings (SSSR count). The van der Waals surface area contributed by atoms with Gasteiger partial charge >= 0.3 is 0 Å². The van der Waals surface area contributed by atoms with Crippen LogP contribution in [0.2, 0.25) is 0 Å². The molecule has 1 heterocycles. The summed E-state index contributed by atoms with van der Waals surface area (Å²) in [5.41, 5.74) is 6.26. The maximum atomic E-state index is 10.6. The number of nitrogens with zero attached hydrogens (tertiary/aromatic N) is 1. The van der Waals surface area contributed by atoms with E-state index < -0.39 is 6.10 Å². The van der Waals surface area contributed by atoms with Gasteiger partial charge in [0.2, 0.25) is 0 Å². The Morgan fingerprint density at radius 3 is 2.54 bits per heavy atom. The summed E-state index contributed by atoms with van der Waals surface area (Å²) in [7, 11) is 0. The first-order valence-electron chi connectivity index (χ1n) is 9.63. The van der Waals surface area contributed by atoms with E-state index in [-0.39, 0.29) is 6.04 Å². The molecule has 1 saturated heterocycles. The summed E-state index contributed by atoms with van der Waals surface area (Å²) >= 11 is 5.97. The highest BCUT2D eigenvalue weighted by molar-refractivity contribution is 15.0. The summed E-state index contributed by atoms with van der Waals surface area (Å²) < 4.78 is 0. The van der Waals surface area contributed by atoms with Crippen LogP contribution in [0.1, 0.15) is 39.0 Å². The Balaban J connectivity index is 0.00000117. The molecule has 6 heteroatoms. The van der Waals surface area contributed by atoms with Crippen LogP contribution in [-0.2, 0) is 0 Å². The molecule has 1 aliphatic heterocycles. The van der Waals surface area contributed by atoms with Crippen LogP contribution in [0.5, 0.6) is 0 Å². The second kappa shape index (κ2) is 12.5. The highest BCUT2D eigenvalue weighted by atomic mass is 128. The molecule has 0 spiro atoms. The predicted octanol–water partition coefficient (Wildman–Crippen LogP) is 5.14. The van der Waals surface area contributed by atoms with Gasteiger partial charge in [-0.05, 0) is 43.7 Å². The molecule has 0 amide bonds. The summed E-state index contributed by atoms with van der Waals surface area (Å²) in [6.07, 6.45) is 6.45. The molecule has 3 N–H and O–H groups in total. The summed E-state index contributed by atoms with van der Waals surface area (Å²) in [5, 5.41) is 10.6. The summed E-state index contributed by atoms with van der Waals surface area (Å²) in [5.74, 6) is 2.53. The third-order valence-electron chi connectivity index (χ3n) is 5.90. The lowest BCUT2D eigenvalue weighted by Crippen LogP contribution is -2.52. The lowest BCUT2D eigenvalue weighted by atomic mass is 9.73. The number of fused-ring (bicyclic) bond motifs is 1. The van der Waals surface area contributed by atoms with Crippen LogP contribution in [0.15, 0.2) is 35.2 Å². The minimum Gasteiger partial charge on any atom is -0.390 e. The van der Waals surface area contributed by atoms with Crippen molar-refractivity contribution in [3.63, 3.8) is 0 Å². The quantitative estimate of drug-likeness (QED) is 0.350. The van der Waals surface area contributed by atoms with Crippen molar-refractivity contribution in [1.29, 1.82) is 0 Å². The number of nitrogens with two attached hydrogens (primary N) is 1.